The van der Waals surface area contributed by atoms with Crippen molar-refractivity contribution in [2.75, 3.05) is 0 Å². The lowest BCUT2D eigenvalue weighted by Gasteiger charge is -2.04. The first-order valence-electron chi connectivity index (χ1n) is 8.52. The van der Waals surface area contributed by atoms with Crippen LogP contribution in [0, 0.1) is 0 Å². The van der Waals surface area contributed by atoms with E-state index in [4.69, 9.17) is 4.42 Å². The zero-order valence-electron chi connectivity index (χ0n) is 14.9. The average Bonchev–Trinajstić information content (AvgIpc) is 3.16. The van der Waals surface area contributed by atoms with Gasteiger partial charge in [0, 0.05) is 0 Å². The molecule has 0 unspecified atom stereocenters. The second kappa shape index (κ2) is 9.12. The van der Waals surface area contributed by atoms with E-state index in [1.54, 1.807) is 30.3 Å². The third-order valence-electron chi connectivity index (χ3n) is 3.76. The SMILES string of the molecule is O=C(Cc1ccccc1)N/N=C\c1ccc(CNS(=O)(=O)c2ccccc2)o1. The molecule has 28 heavy (non-hydrogen) atoms. The summed E-state index contributed by atoms with van der Waals surface area (Å²) >= 11 is 0. The fraction of sp³-hybridized carbons (Fsp3) is 0.100. The maximum Gasteiger partial charge on any atom is 0.244 e. The summed E-state index contributed by atoms with van der Waals surface area (Å²) < 4.78 is 32.3. The smallest absolute Gasteiger partial charge is 0.244 e. The van der Waals surface area contributed by atoms with Crippen LogP contribution in [0.3, 0.4) is 0 Å². The summed E-state index contributed by atoms with van der Waals surface area (Å²) in [6, 6.07) is 20.7. The zero-order chi connectivity index (χ0) is 19.8. The minimum Gasteiger partial charge on any atom is -0.459 e. The highest BCUT2D eigenvalue weighted by Crippen LogP contribution is 2.10. The monoisotopic (exact) mass is 397 g/mol. The van der Waals surface area contributed by atoms with Gasteiger partial charge in [-0.15, -0.1) is 0 Å². The molecule has 3 rings (SSSR count). The summed E-state index contributed by atoms with van der Waals surface area (Å²) in [6.45, 7) is 0.00539. The van der Waals surface area contributed by atoms with Gasteiger partial charge in [0.2, 0.25) is 15.9 Å². The van der Waals surface area contributed by atoms with E-state index in [1.165, 1.54) is 18.3 Å². The second-order valence-corrected chi connectivity index (χ2v) is 7.66. The molecular formula is C20H19N3O4S. The molecule has 3 aromatic rings. The number of hydrazone groups is 1. The number of amides is 1. The Morgan fingerprint density at radius 3 is 2.36 bits per heavy atom. The molecule has 0 fully saturated rings. The molecule has 0 aliphatic carbocycles. The average molecular weight is 397 g/mol. The highest BCUT2D eigenvalue weighted by atomic mass is 32.2. The van der Waals surface area contributed by atoms with Crippen LogP contribution in [0.25, 0.3) is 0 Å². The van der Waals surface area contributed by atoms with Crippen molar-refractivity contribution >= 4 is 22.1 Å². The molecule has 7 nitrogen and oxygen atoms in total. The van der Waals surface area contributed by atoms with Gasteiger partial charge in [-0.05, 0) is 29.8 Å². The number of carbonyl (C=O) groups is 1. The Kier molecular flexibility index (Phi) is 6.36. The molecule has 0 radical (unpaired) electrons. The van der Waals surface area contributed by atoms with Crippen molar-refractivity contribution in [3.8, 4) is 0 Å². The molecule has 0 spiro atoms. The number of benzene rings is 2. The summed E-state index contributed by atoms with van der Waals surface area (Å²) in [5.41, 5.74) is 3.32. The maximum atomic E-state index is 12.2. The van der Waals surface area contributed by atoms with Crippen LogP contribution >= 0.6 is 0 Å². The van der Waals surface area contributed by atoms with Crippen LogP contribution in [-0.2, 0) is 27.8 Å². The van der Waals surface area contributed by atoms with Crippen LogP contribution in [0.2, 0.25) is 0 Å². The number of sulfonamides is 1. The maximum absolute atomic E-state index is 12.2. The Labute approximate surface area is 163 Å². The van der Waals surface area contributed by atoms with Gasteiger partial charge < -0.3 is 4.42 Å². The van der Waals surface area contributed by atoms with Gasteiger partial charge in [-0.25, -0.2) is 18.6 Å². The van der Waals surface area contributed by atoms with Crippen LogP contribution in [0.15, 0.2) is 87.2 Å². The first-order valence-corrected chi connectivity index (χ1v) is 10.0. The van der Waals surface area contributed by atoms with Gasteiger partial charge in [-0.2, -0.15) is 5.10 Å². The van der Waals surface area contributed by atoms with Gasteiger partial charge in [-0.1, -0.05) is 48.5 Å². The fourth-order valence-corrected chi connectivity index (χ4v) is 3.41. The molecule has 0 saturated heterocycles. The van der Waals surface area contributed by atoms with Gasteiger partial charge in [0.05, 0.1) is 24.1 Å². The van der Waals surface area contributed by atoms with Crippen molar-refractivity contribution in [1.29, 1.82) is 0 Å². The Bertz CT molecular complexity index is 1050. The molecule has 2 N–H and O–H groups in total. The molecule has 0 aliphatic rings. The Balaban J connectivity index is 1.50. The van der Waals surface area contributed by atoms with Crippen molar-refractivity contribution in [3.05, 3.63) is 89.9 Å². The highest BCUT2D eigenvalue weighted by molar-refractivity contribution is 7.89. The van der Waals surface area contributed by atoms with Gasteiger partial charge in [0.15, 0.2) is 0 Å². The fourth-order valence-electron chi connectivity index (χ4n) is 2.40. The molecule has 0 saturated carbocycles. The molecule has 2 aromatic carbocycles. The molecular weight excluding hydrogens is 378 g/mol. The van der Waals surface area contributed by atoms with Crippen molar-refractivity contribution in [2.45, 2.75) is 17.9 Å². The van der Waals surface area contributed by atoms with E-state index in [9.17, 15) is 13.2 Å². The van der Waals surface area contributed by atoms with Crippen LogP contribution in [0.1, 0.15) is 17.1 Å². The minimum absolute atomic E-state index is 0.00539. The lowest BCUT2D eigenvalue weighted by molar-refractivity contribution is -0.120. The molecule has 1 amide bonds. The highest BCUT2D eigenvalue weighted by Gasteiger charge is 2.13. The molecule has 1 aromatic heterocycles. The predicted octanol–water partition coefficient (Wildman–Crippen LogP) is 2.45. The third kappa shape index (κ3) is 5.63. The minimum atomic E-state index is -3.61. The van der Waals surface area contributed by atoms with E-state index in [-0.39, 0.29) is 23.8 Å². The summed E-state index contributed by atoms with van der Waals surface area (Å²) in [5.74, 6) is 0.579. The van der Waals surface area contributed by atoms with Gasteiger partial charge in [0.1, 0.15) is 11.5 Å². The molecule has 144 valence electrons. The first-order chi connectivity index (χ1) is 13.5. The number of carbonyl (C=O) groups excluding carboxylic acids is 1. The summed E-state index contributed by atoms with van der Waals surface area (Å²) in [4.78, 5) is 12.0. The lowest BCUT2D eigenvalue weighted by atomic mass is 10.1. The number of nitrogens with one attached hydrogen (secondary N) is 2. The van der Waals surface area contributed by atoms with Gasteiger partial charge in [-0.3, -0.25) is 4.79 Å². The summed E-state index contributed by atoms with van der Waals surface area (Å²) in [5, 5.41) is 3.85. The van der Waals surface area contributed by atoms with E-state index >= 15 is 0 Å². The first kappa shape index (κ1) is 19.5. The van der Waals surface area contributed by atoms with E-state index in [2.05, 4.69) is 15.2 Å². The van der Waals surface area contributed by atoms with Crippen LogP contribution < -0.4 is 10.1 Å². The number of hydrogen-bond acceptors (Lipinski definition) is 5. The van der Waals surface area contributed by atoms with Gasteiger partial charge >= 0.3 is 0 Å². The van der Waals surface area contributed by atoms with Crippen LogP contribution in [0.5, 0.6) is 0 Å². The van der Waals surface area contributed by atoms with Crippen LogP contribution in [0.4, 0.5) is 0 Å². The van der Waals surface area contributed by atoms with Crippen LogP contribution in [-0.4, -0.2) is 20.5 Å². The predicted molar refractivity (Wildman–Crippen MR) is 105 cm³/mol. The lowest BCUT2D eigenvalue weighted by Crippen LogP contribution is -2.22. The molecule has 8 heteroatoms. The number of hydrogen-bond donors (Lipinski definition) is 2. The number of rotatable bonds is 8. The van der Waals surface area contributed by atoms with Crippen molar-refractivity contribution < 1.29 is 17.6 Å². The summed E-state index contributed by atoms with van der Waals surface area (Å²) in [7, 11) is -3.61. The molecule has 0 aliphatic heterocycles. The quantitative estimate of drug-likeness (QED) is 0.450. The zero-order valence-corrected chi connectivity index (χ0v) is 15.7. The Morgan fingerprint density at radius 1 is 0.964 bits per heavy atom. The normalized spacial score (nSPS) is 11.6. The van der Waals surface area contributed by atoms with Crippen molar-refractivity contribution in [3.63, 3.8) is 0 Å². The number of furan rings is 1. The van der Waals surface area contributed by atoms with E-state index < -0.39 is 10.0 Å². The Morgan fingerprint density at radius 2 is 1.64 bits per heavy atom. The van der Waals surface area contributed by atoms with Crippen molar-refractivity contribution in [2.24, 2.45) is 5.10 Å². The summed E-state index contributed by atoms with van der Waals surface area (Å²) in [6.07, 6.45) is 1.58. The second-order valence-electron chi connectivity index (χ2n) is 5.90. The van der Waals surface area contributed by atoms with Crippen molar-refractivity contribution in [1.82, 2.24) is 10.1 Å². The van der Waals surface area contributed by atoms with E-state index in [1.807, 2.05) is 30.3 Å². The number of nitrogens with zero attached hydrogens (tertiary/aromatic N) is 1. The molecule has 0 bridgehead atoms. The third-order valence-corrected chi connectivity index (χ3v) is 5.18. The molecule has 1 heterocycles. The largest absolute Gasteiger partial charge is 0.459 e. The van der Waals surface area contributed by atoms with Gasteiger partial charge in [0.25, 0.3) is 0 Å². The Hall–Kier alpha value is -3.23. The standard InChI is InChI=1S/C20H19N3O4S/c24-20(13-16-7-3-1-4-8-16)23-21-14-17-11-12-18(27-17)15-22-28(25,26)19-9-5-2-6-10-19/h1-12,14,22H,13,15H2,(H,23,24)/b21-14-. The van der Waals surface area contributed by atoms with E-state index in [0.717, 1.165) is 5.56 Å². The topological polar surface area (TPSA) is 101 Å². The van der Waals surface area contributed by atoms with E-state index in [0.29, 0.717) is 11.5 Å². The molecule has 0 atom stereocenters.